The Morgan fingerprint density at radius 1 is 1.05 bits per heavy atom. The molecule has 0 aliphatic rings. The molecule has 0 radical (unpaired) electrons. The Balaban J connectivity index is 0.00000200. The van der Waals surface area contributed by atoms with E-state index in [0.717, 1.165) is 5.56 Å². The third-order valence-electron chi connectivity index (χ3n) is 2.99. The van der Waals surface area contributed by atoms with Crippen molar-refractivity contribution in [2.45, 2.75) is 26.8 Å². The van der Waals surface area contributed by atoms with Crippen LogP contribution in [-0.2, 0) is 0 Å². The van der Waals surface area contributed by atoms with Crippen LogP contribution in [0.3, 0.4) is 0 Å². The lowest BCUT2D eigenvalue weighted by molar-refractivity contribution is 0.0943. The van der Waals surface area contributed by atoms with Crippen molar-refractivity contribution in [3.05, 3.63) is 59.7 Å². The smallest absolute Gasteiger partial charge is 0.251 e. The maximum Gasteiger partial charge on any atom is 0.251 e. The summed E-state index contributed by atoms with van der Waals surface area (Å²) in [4.78, 5) is 11.9. The van der Waals surface area contributed by atoms with Crippen molar-refractivity contribution in [2.24, 2.45) is 0 Å². The quantitative estimate of drug-likeness (QED) is 0.900. The molecule has 2 nitrogen and oxygen atoms in total. The second-order valence-electron chi connectivity index (χ2n) is 5.02. The highest BCUT2D eigenvalue weighted by atomic mass is 35.5. The predicted octanol–water partition coefficient (Wildman–Crippen LogP) is 4.22. The Bertz CT molecular complexity index is 579. The lowest BCUT2D eigenvalue weighted by Crippen LogP contribution is -2.30. The molecule has 2 rings (SSSR count). The number of benzene rings is 2. The summed E-state index contributed by atoms with van der Waals surface area (Å²) in [6, 6.07) is 16.2. The van der Waals surface area contributed by atoms with Gasteiger partial charge in [0.1, 0.15) is 0 Å². The van der Waals surface area contributed by atoms with Gasteiger partial charge in [0.2, 0.25) is 0 Å². The van der Waals surface area contributed by atoms with Crippen molar-refractivity contribution >= 4 is 18.3 Å². The molecular weight excluding hydrogens is 270 g/mol. The van der Waals surface area contributed by atoms with Crippen LogP contribution in [0.5, 0.6) is 0 Å². The van der Waals surface area contributed by atoms with Crippen molar-refractivity contribution in [2.75, 3.05) is 0 Å². The van der Waals surface area contributed by atoms with Crippen molar-refractivity contribution in [1.29, 1.82) is 0 Å². The zero-order valence-corrected chi connectivity index (χ0v) is 12.8. The van der Waals surface area contributed by atoms with E-state index >= 15 is 0 Å². The van der Waals surface area contributed by atoms with E-state index < -0.39 is 0 Å². The molecule has 0 aliphatic carbocycles. The Hall–Kier alpha value is -1.80. The molecule has 0 heterocycles. The minimum atomic E-state index is -0.0160. The number of rotatable bonds is 3. The van der Waals surface area contributed by atoms with Gasteiger partial charge >= 0.3 is 0 Å². The first-order chi connectivity index (χ1) is 9.08. The van der Waals surface area contributed by atoms with Gasteiger partial charge in [-0.1, -0.05) is 36.4 Å². The molecule has 20 heavy (non-hydrogen) atoms. The summed E-state index contributed by atoms with van der Waals surface area (Å²) in [6.45, 7) is 5.96. The van der Waals surface area contributed by atoms with Crippen LogP contribution in [0.15, 0.2) is 48.5 Å². The molecule has 0 spiro atoms. The summed E-state index contributed by atoms with van der Waals surface area (Å²) in [6.07, 6.45) is 0. The molecule has 2 aromatic rings. The number of hydrogen-bond donors (Lipinski definition) is 1. The Morgan fingerprint density at radius 3 is 2.25 bits per heavy atom. The number of carbonyl (C=O) groups excluding carboxylic acids is 1. The fraction of sp³-hybridized carbons (Fsp3) is 0.235. The number of nitrogens with one attached hydrogen (secondary N) is 1. The van der Waals surface area contributed by atoms with Gasteiger partial charge in [-0.15, -0.1) is 12.4 Å². The summed E-state index contributed by atoms with van der Waals surface area (Å²) in [5.74, 6) is -0.0160. The third kappa shape index (κ3) is 3.84. The highest BCUT2D eigenvalue weighted by Gasteiger charge is 2.09. The maximum absolute atomic E-state index is 11.9. The molecule has 0 aromatic heterocycles. The second kappa shape index (κ2) is 7.11. The number of aryl methyl sites for hydroxylation is 1. The molecule has 106 valence electrons. The first kappa shape index (κ1) is 16.3. The van der Waals surface area contributed by atoms with E-state index in [4.69, 9.17) is 0 Å². The lowest BCUT2D eigenvalue weighted by atomic mass is 9.98. The molecule has 0 atom stereocenters. The van der Waals surface area contributed by atoms with Crippen LogP contribution in [0.1, 0.15) is 29.8 Å². The summed E-state index contributed by atoms with van der Waals surface area (Å²) < 4.78 is 0. The largest absolute Gasteiger partial charge is 0.350 e. The molecule has 3 heteroatoms. The fourth-order valence-electron chi connectivity index (χ4n) is 2.09. The number of carbonyl (C=O) groups is 1. The second-order valence-corrected chi connectivity index (χ2v) is 5.02. The molecule has 0 unspecified atom stereocenters. The van der Waals surface area contributed by atoms with Gasteiger partial charge in [0.15, 0.2) is 0 Å². The number of hydrogen-bond acceptors (Lipinski definition) is 1. The predicted molar refractivity (Wildman–Crippen MR) is 86.5 cm³/mol. The first-order valence-electron chi connectivity index (χ1n) is 6.55. The van der Waals surface area contributed by atoms with Crippen LogP contribution < -0.4 is 5.32 Å². The van der Waals surface area contributed by atoms with Gasteiger partial charge in [0, 0.05) is 11.6 Å². The number of halogens is 1. The van der Waals surface area contributed by atoms with Gasteiger partial charge in [-0.2, -0.15) is 0 Å². The average molecular weight is 290 g/mol. The van der Waals surface area contributed by atoms with Crippen LogP contribution in [0.2, 0.25) is 0 Å². The average Bonchev–Trinajstić information content (AvgIpc) is 2.38. The van der Waals surface area contributed by atoms with Gasteiger partial charge in [0.05, 0.1) is 0 Å². The monoisotopic (exact) mass is 289 g/mol. The fourth-order valence-corrected chi connectivity index (χ4v) is 2.09. The zero-order valence-electron chi connectivity index (χ0n) is 12.0. The van der Waals surface area contributed by atoms with Crippen LogP contribution >= 0.6 is 12.4 Å². The van der Waals surface area contributed by atoms with Crippen LogP contribution in [-0.4, -0.2) is 11.9 Å². The maximum atomic E-state index is 11.9. The molecule has 0 fully saturated rings. The third-order valence-corrected chi connectivity index (χ3v) is 2.99. The van der Waals surface area contributed by atoms with E-state index in [2.05, 4.69) is 17.4 Å². The lowest BCUT2D eigenvalue weighted by Gasteiger charge is -2.11. The molecule has 0 saturated heterocycles. The first-order valence-corrected chi connectivity index (χ1v) is 6.55. The minimum absolute atomic E-state index is 0. The summed E-state index contributed by atoms with van der Waals surface area (Å²) in [5.41, 5.74) is 4.17. The summed E-state index contributed by atoms with van der Waals surface area (Å²) in [7, 11) is 0. The number of amides is 1. The molecular formula is C17H20ClNO. The molecule has 0 aliphatic heterocycles. The zero-order chi connectivity index (χ0) is 13.8. The SMILES string of the molecule is Cc1cc(C(=O)NC(C)C)ccc1-c1ccccc1.Cl. The molecule has 0 saturated carbocycles. The van der Waals surface area contributed by atoms with Crippen molar-refractivity contribution in [1.82, 2.24) is 5.32 Å². The standard InChI is InChI=1S/C17H19NO.ClH/c1-12(2)18-17(19)15-9-10-16(13(3)11-15)14-7-5-4-6-8-14;/h4-12H,1-3H3,(H,18,19);1H. The van der Waals surface area contributed by atoms with Crippen molar-refractivity contribution in [3.63, 3.8) is 0 Å². The molecule has 2 aromatic carbocycles. The van der Waals surface area contributed by atoms with Crippen LogP contribution in [0.25, 0.3) is 11.1 Å². The summed E-state index contributed by atoms with van der Waals surface area (Å²) in [5, 5.41) is 2.91. The van der Waals surface area contributed by atoms with Crippen LogP contribution in [0.4, 0.5) is 0 Å². The van der Waals surface area contributed by atoms with Gasteiger partial charge in [-0.25, -0.2) is 0 Å². The Kier molecular flexibility index (Phi) is 5.78. The van der Waals surface area contributed by atoms with E-state index in [-0.39, 0.29) is 24.4 Å². The minimum Gasteiger partial charge on any atom is -0.350 e. The van der Waals surface area contributed by atoms with E-state index in [1.807, 2.05) is 57.2 Å². The molecule has 0 bridgehead atoms. The Morgan fingerprint density at radius 2 is 1.70 bits per heavy atom. The van der Waals surface area contributed by atoms with Gasteiger partial charge in [0.25, 0.3) is 5.91 Å². The molecule has 1 amide bonds. The van der Waals surface area contributed by atoms with Crippen molar-refractivity contribution < 1.29 is 4.79 Å². The van der Waals surface area contributed by atoms with E-state index in [1.54, 1.807) is 0 Å². The van der Waals surface area contributed by atoms with E-state index in [9.17, 15) is 4.79 Å². The van der Waals surface area contributed by atoms with Gasteiger partial charge in [-0.3, -0.25) is 4.79 Å². The van der Waals surface area contributed by atoms with Gasteiger partial charge < -0.3 is 5.32 Å². The normalized spacial score (nSPS) is 10.0. The van der Waals surface area contributed by atoms with Crippen molar-refractivity contribution in [3.8, 4) is 11.1 Å². The van der Waals surface area contributed by atoms with E-state index in [0.29, 0.717) is 5.56 Å². The highest BCUT2D eigenvalue weighted by Crippen LogP contribution is 2.23. The highest BCUT2D eigenvalue weighted by molar-refractivity contribution is 5.95. The molecule has 1 N–H and O–H groups in total. The van der Waals surface area contributed by atoms with Crippen LogP contribution in [0, 0.1) is 6.92 Å². The van der Waals surface area contributed by atoms with Gasteiger partial charge in [-0.05, 0) is 49.6 Å². The van der Waals surface area contributed by atoms with E-state index in [1.165, 1.54) is 11.1 Å². The Labute approximate surface area is 126 Å². The topological polar surface area (TPSA) is 29.1 Å². The summed E-state index contributed by atoms with van der Waals surface area (Å²) >= 11 is 0.